The van der Waals surface area contributed by atoms with E-state index in [4.69, 9.17) is 3.68 Å². The van der Waals surface area contributed by atoms with E-state index in [1.165, 1.54) is 4.13 Å². The number of hydrogen-bond donors (Lipinski definition) is 1. The first-order valence-corrected chi connectivity index (χ1v) is 26.6. The average Bonchev–Trinajstić information content (AvgIpc) is 2.05. The van der Waals surface area contributed by atoms with Gasteiger partial charge in [-0.3, -0.25) is 0 Å². The predicted molar refractivity (Wildman–Crippen MR) is 64.2 cm³/mol. The molecule has 0 bridgehead atoms. The standard InChI is InChI=1S/C6H7.4CH3.H2N.H3Si.Zr/c1-6-4-2-3-5-6;;;;;;;/h2-6H,1H2;4*1H3;1H2;1H3;/q;;;;;-1;;+1. The average molecular weight is 278 g/mol. The fourth-order valence-corrected chi connectivity index (χ4v) is 11.8. The quantitative estimate of drug-likeness (QED) is 0.770. The fraction of sp³-hybridized carbons (Fsp3) is 0.600. The van der Waals surface area contributed by atoms with E-state index in [1.807, 2.05) is 0 Å². The summed E-state index contributed by atoms with van der Waals surface area (Å²) in [7, 11) is 1.14. The molecule has 0 spiro atoms. The molecular weight excluding hydrogens is 253 g/mol. The Morgan fingerprint density at radius 2 is 1.54 bits per heavy atom. The van der Waals surface area contributed by atoms with Crippen molar-refractivity contribution in [2.75, 3.05) is 0 Å². The molecule has 0 atom stereocenters. The Hall–Kier alpha value is 0.540. The van der Waals surface area contributed by atoms with Crippen molar-refractivity contribution in [3.05, 3.63) is 24.3 Å². The zero-order valence-electron chi connectivity index (χ0n) is 9.67. The maximum absolute atomic E-state index is 6.83. The zero-order valence-corrected chi connectivity index (χ0v) is 14.1. The Morgan fingerprint density at radius 3 is 1.85 bits per heavy atom. The summed E-state index contributed by atoms with van der Waals surface area (Å²) in [6.45, 7) is 0. The Labute approximate surface area is 78.8 Å². The second-order valence-electron chi connectivity index (χ2n) is 10.1. The van der Waals surface area contributed by atoms with Crippen LogP contribution in [0, 0.1) is 5.92 Å². The SMILES string of the molecule is [CH3][Zr]([CH3])([CH3])([CH3])([NH2])([SiH3])[CH2]C1C=CC=C1. The van der Waals surface area contributed by atoms with Gasteiger partial charge in [0, 0.05) is 0 Å². The number of allylic oxidation sites excluding steroid dienone is 4. The third kappa shape index (κ3) is 5.77. The van der Waals surface area contributed by atoms with Gasteiger partial charge in [0.15, 0.2) is 0 Å². The van der Waals surface area contributed by atoms with Gasteiger partial charge in [-0.15, -0.1) is 0 Å². The van der Waals surface area contributed by atoms with Crippen LogP contribution in [0.1, 0.15) is 0 Å². The van der Waals surface area contributed by atoms with Crippen LogP contribution in [0.15, 0.2) is 24.3 Å². The summed E-state index contributed by atoms with van der Waals surface area (Å²) in [6, 6.07) is 0. The van der Waals surface area contributed by atoms with Gasteiger partial charge in [-0.05, 0) is 0 Å². The van der Waals surface area contributed by atoms with Gasteiger partial charge in [0.25, 0.3) is 0 Å². The van der Waals surface area contributed by atoms with E-state index in [2.05, 4.69) is 42.8 Å². The normalized spacial score (nSPS) is 26.7. The first-order chi connectivity index (χ1) is 5.26. The van der Waals surface area contributed by atoms with Crippen molar-refractivity contribution in [2.24, 2.45) is 9.60 Å². The van der Waals surface area contributed by atoms with Gasteiger partial charge in [0.05, 0.1) is 0 Å². The molecule has 1 aliphatic carbocycles. The molecule has 0 saturated carbocycles. The van der Waals surface area contributed by atoms with Crippen LogP contribution in [0.2, 0.25) is 22.7 Å². The second kappa shape index (κ2) is 1.91. The van der Waals surface area contributed by atoms with Gasteiger partial charge >= 0.3 is 79.2 Å². The molecule has 13 heavy (non-hydrogen) atoms. The summed E-state index contributed by atoms with van der Waals surface area (Å²) < 4.78 is 17.5. The van der Waals surface area contributed by atoms with Gasteiger partial charge in [-0.25, -0.2) is 0 Å². The van der Waals surface area contributed by atoms with E-state index in [9.17, 15) is 0 Å². The van der Waals surface area contributed by atoms with Crippen molar-refractivity contribution in [1.29, 1.82) is 0 Å². The van der Waals surface area contributed by atoms with Gasteiger partial charge in [-0.2, -0.15) is 0 Å². The molecule has 0 unspecified atom stereocenters. The van der Waals surface area contributed by atoms with E-state index >= 15 is 0 Å². The van der Waals surface area contributed by atoms with Crippen molar-refractivity contribution in [2.45, 2.75) is 22.7 Å². The molecule has 2 N–H and O–H groups in total. The van der Waals surface area contributed by atoms with Crippen molar-refractivity contribution in [1.82, 2.24) is 0 Å². The van der Waals surface area contributed by atoms with E-state index in [0.717, 1.165) is 7.37 Å². The molecule has 0 aromatic carbocycles. The first-order valence-electron chi connectivity index (χ1n) is 5.22. The molecule has 0 radical (unpaired) electrons. The van der Waals surface area contributed by atoms with Gasteiger partial charge in [0.1, 0.15) is 0 Å². The summed E-state index contributed by atoms with van der Waals surface area (Å²) in [5, 5.41) is 0. The van der Waals surface area contributed by atoms with Crippen molar-refractivity contribution in [3.63, 3.8) is 0 Å². The third-order valence-electron chi connectivity index (χ3n) is 2.20. The van der Waals surface area contributed by atoms with E-state index in [-0.39, 0.29) is 0 Å². The molecule has 77 valence electrons. The number of nitrogens with two attached hydrogens (primary N) is 1. The molecular formula is C10H24NSiZr. The molecule has 1 rings (SSSR count). The van der Waals surface area contributed by atoms with Crippen molar-refractivity contribution < 1.29 is 15.3 Å². The Balaban J connectivity index is 2.98. The van der Waals surface area contributed by atoms with Crippen LogP contribution < -0.4 is 3.68 Å². The van der Waals surface area contributed by atoms with Gasteiger partial charge in [-0.1, -0.05) is 0 Å². The molecule has 0 aromatic rings. The Kier molecular flexibility index (Phi) is 1.71. The molecule has 0 aromatic heterocycles. The molecule has 0 saturated heterocycles. The topological polar surface area (TPSA) is 26.0 Å². The summed E-state index contributed by atoms with van der Waals surface area (Å²) >= 11 is -3.58. The van der Waals surface area contributed by atoms with E-state index in [0.29, 0.717) is 5.92 Å². The fourth-order valence-electron chi connectivity index (χ4n) is 1.93. The van der Waals surface area contributed by atoms with Gasteiger partial charge in [0.2, 0.25) is 0 Å². The summed E-state index contributed by atoms with van der Waals surface area (Å²) in [4.78, 5) is 0. The molecule has 0 amide bonds. The number of rotatable bonds is 2. The van der Waals surface area contributed by atoms with Crippen LogP contribution in [-0.4, -0.2) is 7.37 Å². The first kappa shape index (κ1) is 11.6. The second-order valence-corrected chi connectivity index (χ2v) is 83.7. The molecule has 3 heteroatoms. The molecule has 1 aliphatic rings. The summed E-state index contributed by atoms with van der Waals surface area (Å²) in [6.07, 6.45) is 8.82. The molecule has 0 heterocycles. The minimum absolute atomic E-state index is 0.592. The maximum atomic E-state index is 6.83. The molecule has 1 nitrogen and oxygen atoms in total. The number of hydrogen-bond acceptors (Lipinski definition) is 1. The Morgan fingerprint density at radius 1 is 1.15 bits per heavy atom. The van der Waals surface area contributed by atoms with Crippen LogP contribution in [0.5, 0.6) is 0 Å². The van der Waals surface area contributed by atoms with Crippen molar-refractivity contribution >= 4 is 7.37 Å². The Bertz CT molecular complexity index is 280. The van der Waals surface area contributed by atoms with Crippen LogP contribution in [0.4, 0.5) is 0 Å². The molecule has 0 fully saturated rings. The zero-order chi connectivity index (χ0) is 10.5. The predicted octanol–water partition coefficient (Wildman–Crippen LogP) is 2.25. The van der Waals surface area contributed by atoms with E-state index in [1.54, 1.807) is 0 Å². The third-order valence-corrected chi connectivity index (χ3v) is 11.4. The monoisotopic (exact) mass is 276 g/mol. The van der Waals surface area contributed by atoms with E-state index < -0.39 is 15.3 Å². The summed E-state index contributed by atoms with van der Waals surface area (Å²) in [5.74, 6) is 0.592. The van der Waals surface area contributed by atoms with Crippen molar-refractivity contribution in [3.8, 4) is 0 Å². The summed E-state index contributed by atoms with van der Waals surface area (Å²) in [5.41, 5.74) is 0. The van der Waals surface area contributed by atoms with Crippen LogP contribution >= 0.6 is 0 Å². The van der Waals surface area contributed by atoms with Crippen LogP contribution in [-0.2, 0) is 15.3 Å². The van der Waals surface area contributed by atoms with Gasteiger partial charge < -0.3 is 0 Å². The minimum atomic E-state index is -3.58. The van der Waals surface area contributed by atoms with Crippen LogP contribution in [0.3, 0.4) is 0 Å². The van der Waals surface area contributed by atoms with Crippen LogP contribution in [0.25, 0.3) is 0 Å². The molecule has 0 aliphatic heterocycles.